The molecule has 0 aliphatic carbocycles. The summed E-state index contributed by atoms with van der Waals surface area (Å²) in [6, 6.07) is 15.3. The Morgan fingerprint density at radius 2 is 1.79 bits per heavy atom. The van der Waals surface area contributed by atoms with Gasteiger partial charge in [-0.2, -0.15) is 4.98 Å². The molecule has 6 heteroatoms. The Bertz CT molecular complexity index is 817. The summed E-state index contributed by atoms with van der Waals surface area (Å²) in [4.78, 5) is 4.49. The minimum atomic E-state index is -0.830. The number of hydrogen-bond acceptors (Lipinski definition) is 6. The molecule has 3 rings (SSSR count). The molecule has 0 amide bonds. The number of aliphatic hydroxyl groups is 2. The molecule has 24 heavy (non-hydrogen) atoms. The fourth-order valence-electron chi connectivity index (χ4n) is 2.38. The molecule has 3 aromatic rings. The van der Waals surface area contributed by atoms with Gasteiger partial charge in [-0.25, -0.2) is 0 Å². The maximum atomic E-state index is 9.50. The van der Waals surface area contributed by atoms with Crippen molar-refractivity contribution in [3.63, 3.8) is 0 Å². The molecule has 0 spiro atoms. The van der Waals surface area contributed by atoms with Crippen LogP contribution in [0.15, 0.2) is 53.1 Å². The molecule has 0 fully saturated rings. The summed E-state index contributed by atoms with van der Waals surface area (Å²) < 4.78 is 5.42. The molecule has 3 N–H and O–H groups in total. The summed E-state index contributed by atoms with van der Waals surface area (Å²) in [7, 11) is 0. The number of aromatic nitrogens is 2. The Morgan fingerprint density at radius 1 is 1.08 bits per heavy atom. The Morgan fingerprint density at radius 3 is 2.54 bits per heavy atom. The molecule has 124 valence electrons. The standard InChI is InChI=1S/C18H19N3O3/c1-12-6-2-3-7-14(12)17-20-18(24-21-17)15-8-4-5-9-16(15)19-10-13(23)11-22/h2-9,13,19,22-23H,10-11H2,1H3. The van der Waals surface area contributed by atoms with E-state index in [1.54, 1.807) is 0 Å². The monoisotopic (exact) mass is 325 g/mol. The lowest BCUT2D eigenvalue weighted by Crippen LogP contribution is -2.23. The van der Waals surface area contributed by atoms with Gasteiger partial charge >= 0.3 is 0 Å². The number of hydrogen-bond donors (Lipinski definition) is 3. The average molecular weight is 325 g/mol. The predicted octanol–water partition coefficient (Wildman–Crippen LogP) is 2.48. The van der Waals surface area contributed by atoms with E-state index in [0.29, 0.717) is 11.7 Å². The van der Waals surface area contributed by atoms with Crippen LogP contribution in [0.5, 0.6) is 0 Å². The van der Waals surface area contributed by atoms with E-state index < -0.39 is 6.10 Å². The topological polar surface area (TPSA) is 91.4 Å². The minimum Gasteiger partial charge on any atom is -0.394 e. The van der Waals surface area contributed by atoms with Crippen LogP contribution in [0.3, 0.4) is 0 Å². The summed E-state index contributed by atoms with van der Waals surface area (Å²) in [6.45, 7) is 1.93. The third-order valence-electron chi connectivity index (χ3n) is 3.71. The Hall–Kier alpha value is -2.70. The van der Waals surface area contributed by atoms with Crippen LogP contribution in [0.1, 0.15) is 5.56 Å². The fourth-order valence-corrected chi connectivity index (χ4v) is 2.38. The molecule has 1 aromatic heterocycles. The van der Waals surface area contributed by atoms with Gasteiger partial charge in [0.25, 0.3) is 5.89 Å². The second-order valence-corrected chi connectivity index (χ2v) is 5.50. The predicted molar refractivity (Wildman–Crippen MR) is 91.5 cm³/mol. The van der Waals surface area contributed by atoms with Crippen LogP contribution in [-0.4, -0.2) is 39.6 Å². The van der Waals surface area contributed by atoms with Gasteiger partial charge in [0.1, 0.15) is 0 Å². The summed E-state index contributed by atoms with van der Waals surface area (Å²) in [5.74, 6) is 0.933. The molecular formula is C18H19N3O3. The average Bonchev–Trinajstić information content (AvgIpc) is 3.10. The van der Waals surface area contributed by atoms with Crippen LogP contribution in [-0.2, 0) is 0 Å². The highest BCUT2D eigenvalue weighted by molar-refractivity contribution is 5.73. The fraction of sp³-hybridized carbons (Fsp3) is 0.222. The van der Waals surface area contributed by atoms with E-state index in [-0.39, 0.29) is 13.2 Å². The Kier molecular flexibility index (Phi) is 4.88. The zero-order valence-corrected chi connectivity index (χ0v) is 13.3. The quantitative estimate of drug-likeness (QED) is 0.645. The number of anilines is 1. The molecule has 0 aliphatic heterocycles. The molecule has 0 saturated heterocycles. The van der Waals surface area contributed by atoms with Gasteiger partial charge in [-0.15, -0.1) is 0 Å². The first-order chi connectivity index (χ1) is 11.7. The first-order valence-electron chi connectivity index (χ1n) is 7.71. The maximum Gasteiger partial charge on any atom is 0.260 e. The molecule has 6 nitrogen and oxygen atoms in total. The van der Waals surface area contributed by atoms with Gasteiger partial charge in [0.2, 0.25) is 5.82 Å². The summed E-state index contributed by atoms with van der Waals surface area (Å²) in [5, 5.41) is 25.6. The third-order valence-corrected chi connectivity index (χ3v) is 3.71. The van der Waals surface area contributed by atoms with E-state index in [1.807, 2.05) is 55.5 Å². The molecule has 1 unspecified atom stereocenters. The summed E-state index contributed by atoms with van der Waals surface area (Å²) in [6.07, 6.45) is -0.830. The van der Waals surface area contributed by atoms with E-state index in [1.165, 1.54) is 0 Å². The summed E-state index contributed by atoms with van der Waals surface area (Å²) in [5.41, 5.74) is 3.50. The Labute approximate surface area is 139 Å². The molecule has 0 radical (unpaired) electrons. The van der Waals surface area contributed by atoms with Gasteiger partial charge in [0.05, 0.1) is 18.3 Å². The van der Waals surface area contributed by atoms with Crippen molar-refractivity contribution in [3.8, 4) is 22.8 Å². The molecule has 0 saturated carbocycles. The SMILES string of the molecule is Cc1ccccc1-c1noc(-c2ccccc2NCC(O)CO)n1. The van der Waals surface area contributed by atoms with Crippen molar-refractivity contribution in [2.75, 3.05) is 18.5 Å². The first kappa shape index (κ1) is 16.2. The second-order valence-electron chi connectivity index (χ2n) is 5.50. The molecular weight excluding hydrogens is 306 g/mol. The second kappa shape index (κ2) is 7.25. The van der Waals surface area contributed by atoms with Crippen LogP contribution in [0.25, 0.3) is 22.8 Å². The van der Waals surface area contributed by atoms with Crippen LogP contribution >= 0.6 is 0 Å². The number of rotatable bonds is 6. The van der Waals surface area contributed by atoms with Gasteiger partial charge in [-0.1, -0.05) is 41.6 Å². The Balaban J connectivity index is 1.89. The summed E-state index contributed by atoms with van der Waals surface area (Å²) >= 11 is 0. The number of nitrogens with one attached hydrogen (secondary N) is 1. The molecule has 2 aromatic carbocycles. The van der Waals surface area contributed by atoms with E-state index in [0.717, 1.165) is 22.4 Å². The lowest BCUT2D eigenvalue weighted by atomic mass is 10.1. The van der Waals surface area contributed by atoms with Gasteiger partial charge in [-0.3, -0.25) is 0 Å². The number of aryl methyl sites for hydroxylation is 1. The molecule has 1 heterocycles. The van der Waals surface area contributed by atoms with Crippen molar-refractivity contribution in [3.05, 3.63) is 54.1 Å². The van der Waals surface area contributed by atoms with Crippen LogP contribution < -0.4 is 5.32 Å². The van der Waals surface area contributed by atoms with Crippen molar-refractivity contribution in [1.82, 2.24) is 10.1 Å². The lowest BCUT2D eigenvalue weighted by Gasteiger charge is -2.12. The van der Waals surface area contributed by atoms with Gasteiger partial charge in [-0.05, 0) is 24.6 Å². The zero-order valence-electron chi connectivity index (χ0n) is 13.3. The first-order valence-corrected chi connectivity index (χ1v) is 7.71. The van der Waals surface area contributed by atoms with Gasteiger partial charge in [0, 0.05) is 17.8 Å². The highest BCUT2D eigenvalue weighted by Crippen LogP contribution is 2.29. The highest BCUT2D eigenvalue weighted by atomic mass is 16.5. The normalized spacial score (nSPS) is 12.1. The number of aliphatic hydroxyl groups excluding tert-OH is 2. The number of nitrogens with zero attached hydrogens (tertiary/aromatic N) is 2. The van der Waals surface area contributed by atoms with E-state index in [4.69, 9.17) is 9.63 Å². The van der Waals surface area contributed by atoms with Crippen molar-refractivity contribution in [2.45, 2.75) is 13.0 Å². The van der Waals surface area contributed by atoms with Gasteiger partial charge < -0.3 is 20.1 Å². The zero-order chi connectivity index (χ0) is 16.9. The van der Waals surface area contributed by atoms with E-state index >= 15 is 0 Å². The van der Waals surface area contributed by atoms with Gasteiger partial charge in [0.15, 0.2) is 0 Å². The van der Waals surface area contributed by atoms with Crippen molar-refractivity contribution >= 4 is 5.69 Å². The number of benzene rings is 2. The van der Waals surface area contributed by atoms with E-state index in [2.05, 4.69) is 15.5 Å². The largest absolute Gasteiger partial charge is 0.394 e. The third kappa shape index (κ3) is 3.45. The minimum absolute atomic E-state index is 0.228. The van der Waals surface area contributed by atoms with Crippen molar-refractivity contribution in [2.24, 2.45) is 0 Å². The highest BCUT2D eigenvalue weighted by Gasteiger charge is 2.15. The number of para-hydroxylation sites is 1. The molecule has 0 bridgehead atoms. The van der Waals surface area contributed by atoms with E-state index in [9.17, 15) is 5.11 Å². The smallest absolute Gasteiger partial charge is 0.260 e. The van der Waals surface area contributed by atoms with Crippen molar-refractivity contribution in [1.29, 1.82) is 0 Å². The maximum absolute atomic E-state index is 9.50. The molecule has 0 aliphatic rings. The van der Waals surface area contributed by atoms with Crippen molar-refractivity contribution < 1.29 is 14.7 Å². The lowest BCUT2D eigenvalue weighted by molar-refractivity contribution is 0.105. The van der Waals surface area contributed by atoms with Crippen LogP contribution in [0, 0.1) is 6.92 Å². The molecule has 1 atom stereocenters. The van der Waals surface area contributed by atoms with Crippen LogP contribution in [0.2, 0.25) is 0 Å². The van der Waals surface area contributed by atoms with Crippen LogP contribution in [0.4, 0.5) is 5.69 Å².